The average molecular weight is 863 g/mol. The van der Waals surface area contributed by atoms with E-state index in [4.69, 9.17) is 33.7 Å². The number of carbonyl (C=O) groups excluding carboxylic acids is 2. The van der Waals surface area contributed by atoms with E-state index in [0.29, 0.717) is 83.4 Å². The smallest absolute Gasteiger partial charge is 0.407 e. The number of aromatic nitrogens is 2. The van der Waals surface area contributed by atoms with Crippen LogP contribution in [-0.2, 0) is 31.9 Å². The lowest BCUT2D eigenvalue weighted by molar-refractivity contribution is -0.0167. The molecule has 1 aromatic heterocycles. The van der Waals surface area contributed by atoms with Gasteiger partial charge in [-0.15, -0.1) is 0 Å². The molecule has 5 heterocycles. The standard InChI is InChI=1S/C46H54N8O9/c1-50-29-35(62-26-25-61-24-23-60-22-21-59-20-19-54-43(55)37-10-4-5-11-38(37)44(54)56)27-34(50)31-63-45-48-40-30-51(41-12-6-8-32-7-2-3-9-36(32)41)16-14-39(40)42(49-45)52-17-18-53(46(57)58)33(28-52)13-15-47/h2-12,33-35H,13-14,16-31H2,1H3,(H,57,58)/t33-,34-,35+/m0/s1. The molecule has 2 saturated heterocycles. The third-order valence-electron chi connectivity index (χ3n) is 12.2. The van der Waals surface area contributed by atoms with Gasteiger partial charge >= 0.3 is 12.1 Å². The highest BCUT2D eigenvalue weighted by molar-refractivity contribution is 6.21. The summed E-state index contributed by atoms with van der Waals surface area (Å²) >= 11 is 0. The van der Waals surface area contributed by atoms with Crippen LogP contribution in [0.2, 0.25) is 0 Å². The van der Waals surface area contributed by atoms with Gasteiger partial charge in [0.15, 0.2) is 0 Å². The Hall–Kier alpha value is -5.90. The largest absolute Gasteiger partial charge is 0.465 e. The van der Waals surface area contributed by atoms with E-state index in [1.165, 1.54) is 20.6 Å². The van der Waals surface area contributed by atoms with Gasteiger partial charge in [0.05, 0.1) is 101 Å². The molecule has 8 rings (SSSR count). The Morgan fingerprint density at radius 3 is 2.25 bits per heavy atom. The van der Waals surface area contributed by atoms with Gasteiger partial charge in [-0.05, 0) is 43.5 Å². The first-order valence-corrected chi connectivity index (χ1v) is 21.7. The minimum absolute atomic E-state index is 0.0118. The van der Waals surface area contributed by atoms with E-state index in [9.17, 15) is 24.8 Å². The molecule has 17 nitrogen and oxygen atoms in total. The van der Waals surface area contributed by atoms with Crippen molar-refractivity contribution in [3.8, 4) is 12.1 Å². The van der Waals surface area contributed by atoms with Crippen molar-refractivity contribution in [1.29, 1.82) is 5.26 Å². The monoisotopic (exact) mass is 862 g/mol. The fourth-order valence-electron chi connectivity index (χ4n) is 8.91. The van der Waals surface area contributed by atoms with Gasteiger partial charge in [-0.3, -0.25) is 19.4 Å². The van der Waals surface area contributed by atoms with Crippen LogP contribution in [0.25, 0.3) is 10.8 Å². The number of nitriles is 1. The Labute approximate surface area is 366 Å². The van der Waals surface area contributed by atoms with E-state index in [-0.39, 0.29) is 56.1 Å². The molecule has 0 bridgehead atoms. The normalized spacial score (nSPS) is 20.0. The van der Waals surface area contributed by atoms with E-state index in [2.05, 4.69) is 64.2 Å². The van der Waals surface area contributed by atoms with Crippen molar-refractivity contribution in [2.75, 3.05) is 109 Å². The molecule has 0 aliphatic carbocycles. The predicted octanol–water partition coefficient (Wildman–Crippen LogP) is 4.09. The first kappa shape index (κ1) is 43.7. The van der Waals surface area contributed by atoms with Crippen molar-refractivity contribution in [2.24, 2.45) is 0 Å². The van der Waals surface area contributed by atoms with Crippen LogP contribution < -0.4 is 14.5 Å². The number of anilines is 2. The number of nitrogens with zero attached hydrogens (tertiary/aromatic N) is 8. The molecule has 4 aliphatic rings. The highest BCUT2D eigenvalue weighted by atomic mass is 16.6. The summed E-state index contributed by atoms with van der Waals surface area (Å²) in [5.41, 5.74) is 3.91. The number of likely N-dealkylation sites (tertiary alicyclic amines) is 1. The number of carboxylic acid groups (broad SMARTS) is 1. The number of imide groups is 1. The lowest BCUT2D eigenvalue weighted by Gasteiger charge is -2.41. The summed E-state index contributed by atoms with van der Waals surface area (Å²) in [4.78, 5) is 56.2. The summed E-state index contributed by atoms with van der Waals surface area (Å²) in [5, 5.41) is 21.7. The lowest BCUT2D eigenvalue weighted by Crippen LogP contribution is -2.55. The second-order valence-corrected chi connectivity index (χ2v) is 16.1. The maximum Gasteiger partial charge on any atom is 0.407 e. The maximum absolute atomic E-state index is 12.5. The van der Waals surface area contributed by atoms with E-state index in [0.717, 1.165) is 42.3 Å². The fraction of sp³-hybridized carbons (Fsp3) is 0.478. The van der Waals surface area contributed by atoms with Crippen molar-refractivity contribution in [3.63, 3.8) is 0 Å². The lowest BCUT2D eigenvalue weighted by atomic mass is 10.0. The maximum atomic E-state index is 12.5. The minimum atomic E-state index is -1.02. The number of piperazine rings is 1. The first-order valence-electron chi connectivity index (χ1n) is 21.7. The van der Waals surface area contributed by atoms with Gasteiger partial charge in [-0.25, -0.2) is 4.79 Å². The van der Waals surface area contributed by atoms with Crippen molar-refractivity contribution < 1.29 is 43.2 Å². The van der Waals surface area contributed by atoms with Crippen LogP contribution >= 0.6 is 0 Å². The zero-order valence-electron chi connectivity index (χ0n) is 35.6. The number of hydrogen-bond donors (Lipinski definition) is 1. The van der Waals surface area contributed by atoms with Gasteiger partial charge in [-0.1, -0.05) is 48.5 Å². The number of ether oxygens (including phenoxy) is 5. The molecule has 2 fully saturated rings. The molecule has 3 aromatic carbocycles. The molecule has 332 valence electrons. The van der Waals surface area contributed by atoms with Crippen LogP contribution in [0.4, 0.5) is 16.3 Å². The summed E-state index contributed by atoms with van der Waals surface area (Å²) in [7, 11) is 2.05. The zero-order chi connectivity index (χ0) is 43.7. The van der Waals surface area contributed by atoms with Crippen molar-refractivity contribution in [2.45, 2.75) is 44.0 Å². The zero-order valence-corrected chi connectivity index (χ0v) is 35.6. The van der Waals surface area contributed by atoms with E-state index in [1.54, 1.807) is 24.3 Å². The number of amides is 3. The van der Waals surface area contributed by atoms with Crippen LogP contribution in [0, 0.1) is 11.3 Å². The van der Waals surface area contributed by atoms with Crippen molar-refractivity contribution >= 4 is 40.2 Å². The highest BCUT2D eigenvalue weighted by Gasteiger charge is 2.36. The molecule has 0 unspecified atom stereocenters. The molecule has 0 saturated carbocycles. The predicted molar refractivity (Wildman–Crippen MR) is 232 cm³/mol. The van der Waals surface area contributed by atoms with Crippen LogP contribution in [0.15, 0.2) is 66.7 Å². The number of carbonyl (C=O) groups is 3. The van der Waals surface area contributed by atoms with Crippen LogP contribution in [0.3, 0.4) is 0 Å². The van der Waals surface area contributed by atoms with E-state index >= 15 is 0 Å². The van der Waals surface area contributed by atoms with Gasteiger partial charge < -0.3 is 43.5 Å². The third kappa shape index (κ3) is 10.2. The number of rotatable bonds is 19. The molecule has 17 heteroatoms. The van der Waals surface area contributed by atoms with Gasteiger partial charge in [0.1, 0.15) is 12.4 Å². The number of benzene rings is 3. The Balaban J connectivity index is 0.788. The Morgan fingerprint density at radius 2 is 1.51 bits per heavy atom. The van der Waals surface area contributed by atoms with Gasteiger partial charge in [0, 0.05) is 55.4 Å². The molecule has 3 amide bonds. The summed E-state index contributed by atoms with van der Waals surface area (Å²) in [6.07, 6.45) is 0.561. The Morgan fingerprint density at radius 1 is 0.810 bits per heavy atom. The molecule has 4 aromatic rings. The minimum Gasteiger partial charge on any atom is -0.465 e. The average Bonchev–Trinajstić information content (AvgIpc) is 3.78. The molecule has 63 heavy (non-hydrogen) atoms. The molecule has 1 N–H and O–H groups in total. The second-order valence-electron chi connectivity index (χ2n) is 16.1. The van der Waals surface area contributed by atoms with E-state index in [1.807, 2.05) is 6.07 Å². The van der Waals surface area contributed by atoms with Crippen LogP contribution in [0.5, 0.6) is 6.01 Å². The topological polar surface area (TPSA) is 183 Å². The van der Waals surface area contributed by atoms with Crippen LogP contribution in [0.1, 0.15) is 44.8 Å². The molecule has 4 aliphatic heterocycles. The first-order chi connectivity index (χ1) is 30.8. The number of fused-ring (bicyclic) bond motifs is 3. The summed E-state index contributed by atoms with van der Waals surface area (Å²) in [6, 6.07) is 23.6. The van der Waals surface area contributed by atoms with Gasteiger partial charge in [0.2, 0.25) is 0 Å². The Kier molecular flexibility index (Phi) is 14.2. The van der Waals surface area contributed by atoms with E-state index < -0.39 is 12.1 Å². The summed E-state index contributed by atoms with van der Waals surface area (Å²) in [5.74, 6) is 0.169. The molecular weight excluding hydrogens is 809 g/mol. The quantitative estimate of drug-likeness (QED) is 0.105. The van der Waals surface area contributed by atoms with Crippen LogP contribution in [-0.4, -0.2) is 165 Å². The SMILES string of the molecule is CN1C[C@H](OCCOCCOCCOCCN2C(=O)c3ccccc3C2=O)C[C@H]1COc1nc2c(c(N3CCN(C(=O)O)[C@@H](CC#N)C3)n1)CCN(c1cccc3ccccc13)C2. The molecular formula is C46H54N8O9. The van der Waals surface area contributed by atoms with Gasteiger partial charge in [-0.2, -0.15) is 15.2 Å². The number of likely N-dealkylation sites (N-methyl/N-ethyl adjacent to an activating group) is 1. The molecule has 0 spiro atoms. The molecule has 3 atom stereocenters. The number of hydrogen-bond acceptors (Lipinski definition) is 14. The van der Waals surface area contributed by atoms with Crippen molar-refractivity contribution in [1.82, 2.24) is 24.7 Å². The van der Waals surface area contributed by atoms with Crippen molar-refractivity contribution in [3.05, 3.63) is 89.1 Å². The molecule has 0 radical (unpaired) electrons. The highest BCUT2D eigenvalue weighted by Crippen LogP contribution is 2.35. The Bertz CT molecular complexity index is 2270. The summed E-state index contributed by atoms with van der Waals surface area (Å²) in [6.45, 7) is 6.36. The third-order valence-corrected chi connectivity index (χ3v) is 12.2. The second kappa shape index (κ2) is 20.5. The summed E-state index contributed by atoms with van der Waals surface area (Å²) < 4.78 is 29.5. The fourth-order valence-corrected chi connectivity index (χ4v) is 8.91. The van der Waals surface area contributed by atoms with Gasteiger partial charge in [0.25, 0.3) is 11.8 Å².